The SMILES string of the molecule is CC(C)c1ccccc1NC(=O)COc1ccc(C(=O)Nc2ccc(Cl)cc2)cc1. The summed E-state index contributed by atoms with van der Waals surface area (Å²) in [7, 11) is 0. The Morgan fingerprint density at radius 1 is 0.900 bits per heavy atom. The van der Waals surface area contributed by atoms with E-state index in [9.17, 15) is 9.59 Å². The number of halogens is 1. The zero-order chi connectivity index (χ0) is 21.5. The van der Waals surface area contributed by atoms with Gasteiger partial charge >= 0.3 is 0 Å². The van der Waals surface area contributed by atoms with E-state index in [0.717, 1.165) is 11.3 Å². The number of amides is 2. The lowest BCUT2D eigenvalue weighted by atomic mass is 10.0. The Balaban J connectivity index is 1.53. The third kappa shape index (κ3) is 5.84. The van der Waals surface area contributed by atoms with Gasteiger partial charge in [0, 0.05) is 22.0 Å². The van der Waals surface area contributed by atoms with Crippen LogP contribution in [0.1, 0.15) is 35.7 Å². The molecule has 0 atom stereocenters. The minimum Gasteiger partial charge on any atom is -0.484 e. The van der Waals surface area contributed by atoms with Crippen molar-refractivity contribution >= 4 is 34.8 Å². The average molecular weight is 423 g/mol. The molecule has 3 aromatic carbocycles. The summed E-state index contributed by atoms with van der Waals surface area (Å²) in [6.45, 7) is 4.03. The summed E-state index contributed by atoms with van der Waals surface area (Å²) in [6.07, 6.45) is 0. The number of carbonyl (C=O) groups excluding carboxylic acids is 2. The van der Waals surface area contributed by atoms with Crippen molar-refractivity contribution in [3.05, 3.63) is 88.9 Å². The molecule has 0 saturated carbocycles. The number of anilines is 2. The number of hydrogen-bond acceptors (Lipinski definition) is 3. The summed E-state index contributed by atoms with van der Waals surface area (Å²) < 4.78 is 5.55. The van der Waals surface area contributed by atoms with Crippen molar-refractivity contribution in [1.82, 2.24) is 0 Å². The van der Waals surface area contributed by atoms with Crippen LogP contribution in [0.15, 0.2) is 72.8 Å². The molecule has 0 heterocycles. The number of hydrogen-bond donors (Lipinski definition) is 2. The zero-order valence-electron chi connectivity index (χ0n) is 16.8. The van der Waals surface area contributed by atoms with Crippen LogP contribution in [0, 0.1) is 0 Å². The highest BCUT2D eigenvalue weighted by molar-refractivity contribution is 6.30. The van der Waals surface area contributed by atoms with Crippen LogP contribution in [0.4, 0.5) is 11.4 Å². The van der Waals surface area contributed by atoms with Crippen molar-refractivity contribution < 1.29 is 14.3 Å². The molecule has 5 nitrogen and oxygen atoms in total. The molecule has 0 spiro atoms. The predicted octanol–water partition coefficient (Wildman–Crippen LogP) is 5.73. The second-order valence-electron chi connectivity index (χ2n) is 7.06. The van der Waals surface area contributed by atoms with Crippen LogP contribution in [0.3, 0.4) is 0 Å². The van der Waals surface area contributed by atoms with Gasteiger partial charge in [0.25, 0.3) is 11.8 Å². The van der Waals surface area contributed by atoms with Gasteiger partial charge in [0.15, 0.2) is 6.61 Å². The number of ether oxygens (including phenoxy) is 1. The van der Waals surface area contributed by atoms with Crippen LogP contribution in [0.5, 0.6) is 5.75 Å². The molecular formula is C24H23ClN2O3. The van der Waals surface area contributed by atoms with Crippen LogP contribution in [0.25, 0.3) is 0 Å². The van der Waals surface area contributed by atoms with Crippen molar-refractivity contribution in [1.29, 1.82) is 0 Å². The van der Waals surface area contributed by atoms with Gasteiger partial charge in [-0.05, 0) is 66.1 Å². The third-order valence-corrected chi connectivity index (χ3v) is 4.70. The van der Waals surface area contributed by atoms with E-state index in [0.29, 0.717) is 27.9 Å². The average Bonchev–Trinajstić information content (AvgIpc) is 2.74. The predicted molar refractivity (Wildman–Crippen MR) is 121 cm³/mol. The maximum Gasteiger partial charge on any atom is 0.262 e. The Kier molecular flexibility index (Phi) is 7.09. The smallest absolute Gasteiger partial charge is 0.262 e. The van der Waals surface area contributed by atoms with E-state index in [4.69, 9.17) is 16.3 Å². The molecule has 0 saturated heterocycles. The van der Waals surface area contributed by atoms with E-state index in [-0.39, 0.29) is 18.4 Å². The molecule has 2 amide bonds. The van der Waals surface area contributed by atoms with Gasteiger partial charge in [-0.2, -0.15) is 0 Å². The molecule has 0 aliphatic heterocycles. The first-order chi connectivity index (χ1) is 14.4. The minimum absolute atomic E-state index is 0.122. The maximum absolute atomic E-state index is 12.3. The molecule has 30 heavy (non-hydrogen) atoms. The number of rotatable bonds is 7. The van der Waals surface area contributed by atoms with Gasteiger partial charge in [-0.25, -0.2) is 0 Å². The molecular weight excluding hydrogens is 400 g/mol. The van der Waals surface area contributed by atoms with Crippen molar-refractivity contribution in [3.8, 4) is 5.75 Å². The van der Waals surface area contributed by atoms with E-state index in [1.54, 1.807) is 48.5 Å². The Labute approximate surface area is 181 Å². The lowest BCUT2D eigenvalue weighted by Crippen LogP contribution is -2.21. The van der Waals surface area contributed by atoms with Crippen LogP contribution >= 0.6 is 11.6 Å². The number of benzene rings is 3. The lowest BCUT2D eigenvalue weighted by Gasteiger charge is -2.14. The van der Waals surface area contributed by atoms with Gasteiger partial charge in [-0.1, -0.05) is 43.6 Å². The van der Waals surface area contributed by atoms with Gasteiger partial charge in [-0.3, -0.25) is 9.59 Å². The van der Waals surface area contributed by atoms with E-state index in [1.807, 2.05) is 24.3 Å². The van der Waals surface area contributed by atoms with Crippen LogP contribution in [0.2, 0.25) is 5.02 Å². The van der Waals surface area contributed by atoms with Gasteiger partial charge in [-0.15, -0.1) is 0 Å². The molecule has 0 radical (unpaired) electrons. The Bertz CT molecular complexity index is 1020. The summed E-state index contributed by atoms with van der Waals surface area (Å²) in [4.78, 5) is 24.6. The zero-order valence-corrected chi connectivity index (χ0v) is 17.6. The molecule has 2 N–H and O–H groups in total. The molecule has 0 bridgehead atoms. The van der Waals surface area contributed by atoms with E-state index < -0.39 is 0 Å². The molecule has 3 rings (SSSR count). The van der Waals surface area contributed by atoms with E-state index in [1.165, 1.54) is 0 Å². The fourth-order valence-corrected chi connectivity index (χ4v) is 3.01. The topological polar surface area (TPSA) is 67.4 Å². The Hall–Kier alpha value is -3.31. The quantitative estimate of drug-likeness (QED) is 0.510. The van der Waals surface area contributed by atoms with Gasteiger partial charge in [0.2, 0.25) is 0 Å². The second-order valence-corrected chi connectivity index (χ2v) is 7.50. The lowest BCUT2D eigenvalue weighted by molar-refractivity contribution is -0.118. The fraction of sp³-hybridized carbons (Fsp3) is 0.167. The highest BCUT2D eigenvalue weighted by atomic mass is 35.5. The number of para-hydroxylation sites is 1. The normalized spacial score (nSPS) is 10.5. The summed E-state index contributed by atoms with van der Waals surface area (Å²) in [5.74, 6) is 0.318. The molecule has 0 aromatic heterocycles. The monoisotopic (exact) mass is 422 g/mol. The number of nitrogens with one attached hydrogen (secondary N) is 2. The first-order valence-corrected chi connectivity index (χ1v) is 9.99. The molecule has 0 aliphatic rings. The molecule has 3 aromatic rings. The van der Waals surface area contributed by atoms with Crippen molar-refractivity contribution in [3.63, 3.8) is 0 Å². The Morgan fingerprint density at radius 3 is 2.23 bits per heavy atom. The van der Waals surface area contributed by atoms with Gasteiger partial charge in [0.05, 0.1) is 0 Å². The number of carbonyl (C=O) groups is 2. The van der Waals surface area contributed by atoms with Gasteiger partial charge < -0.3 is 15.4 Å². The Morgan fingerprint density at radius 2 is 1.57 bits per heavy atom. The largest absolute Gasteiger partial charge is 0.484 e. The minimum atomic E-state index is -0.244. The van der Waals surface area contributed by atoms with Crippen LogP contribution in [-0.2, 0) is 4.79 Å². The van der Waals surface area contributed by atoms with Crippen LogP contribution < -0.4 is 15.4 Å². The van der Waals surface area contributed by atoms with Crippen molar-refractivity contribution in [2.75, 3.05) is 17.2 Å². The first-order valence-electron chi connectivity index (χ1n) is 9.61. The van der Waals surface area contributed by atoms with Gasteiger partial charge in [0.1, 0.15) is 5.75 Å². The van der Waals surface area contributed by atoms with Crippen LogP contribution in [-0.4, -0.2) is 18.4 Å². The molecule has 0 unspecified atom stereocenters. The molecule has 154 valence electrons. The molecule has 6 heteroatoms. The fourth-order valence-electron chi connectivity index (χ4n) is 2.89. The summed E-state index contributed by atoms with van der Waals surface area (Å²) in [5, 5.41) is 6.28. The summed E-state index contributed by atoms with van der Waals surface area (Å²) in [6, 6.07) is 21.2. The highest BCUT2D eigenvalue weighted by Crippen LogP contribution is 2.23. The molecule has 0 fully saturated rings. The molecule has 0 aliphatic carbocycles. The summed E-state index contributed by atoms with van der Waals surface area (Å²) >= 11 is 5.85. The van der Waals surface area contributed by atoms with Crippen molar-refractivity contribution in [2.24, 2.45) is 0 Å². The second kappa shape index (κ2) is 9.94. The first kappa shape index (κ1) is 21.4. The van der Waals surface area contributed by atoms with Crippen molar-refractivity contribution in [2.45, 2.75) is 19.8 Å². The summed E-state index contributed by atoms with van der Waals surface area (Å²) in [5.41, 5.74) is 2.99. The third-order valence-electron chi connectivity index (χ3n) is 4.45. The highest BCUT2D eigenvalue weighted by Gasteiger charge is 2.10. The standard InChI is InChI=1S/C24H23ClN2O3/c1-16(2)21-5-3-4-6-22(21)27-23(28)15-30-20-13-7-17(8-14-20)24(29)26-19-11-9-18(25)10-12-19/h3-14,16H,15H2,1-2H3,(H,26,29)(H,27,28). The maximum atomic E-state index is 12.3. The van der Waals surface area contributed by atoms with E-state index >= 15 is 0 Å². The van der Waals surface area contributed by atoms with E-state index in [2.05, 4.69) is 24.5 Å².